The number of hydrogen-bond donors (Lipinski definition) is 3. The third-order valence-corrected chi connectivity index (χ3v) is 11.2. The first-order chi connectivity index (χ1) is 31.3. The molecule has 0 saturated carbocycles. The van der Waals surface area contributed by atoms with Crippen molar-refractivity contribution in [2.45, 2.75) is 0 Å². The molecular formula is C48H30N6O8P2. The maximum absolute atomic E-state index is 11.6. The molecular weight excluding hydrogens is 851 g/mol. The smallest absolute Gasteiger partial charge is 0.329 e. The summed E-state index contributed by atoms with van der Waals surface area (Å²) < 4.78 is 21.1. The van der Waals surface area contributed by atoms with Gasteiger partial charge in [-0.25, -0.2) is 19.9 Å². The second-order valence-corrected chi connectivity index (χ2v) is 16.1. The van der Waals surface area contributed by atoms with Crippen molar-refractivity contribution in [3.05, 3.63) is 158 Å². The summed E-state index contributed by atoms with van der Waals surface area (Å²) in [6.07, 6.45) is 3.47. The topological polar surface area (TPSA) is 192 Å². The van der Waals surface area contributed by atoms with Gasteiger partial charge in [0.15, 0.2) is 11.5 Å². The molecule has 11 aromatic rings. The van der Waals surface area contributed by atoms with Crippen molar-refractivity contribution in [1.29, 1.82) is 0 Å². The molecule has 11 rings (SSSR count). The Bertz CT molecular complexity index is 3690. The zero-order valence-electron chi connectivity index (χ0n) is 33.0. The molecule has 64 heavy (non-hydrogen) atoms. The minimum Gasteiger partial charge on any atom is -0.329 e. The summed E-state index contributed by atoms with van der Waals surface area (Å²) in [5.74, 6) is 0.361. The fraction of sp³-hybridized carbons (Fsp3) is 0. The highest BCUT2D eigenvalue weighted by Gasteiger charge is 2.17. The van der Waals surface area contributed by atoms with E-state index >= 15 is 0 Å². The highest BCUT2D eigenvalue weighted by Crippen LogP contribution is 2.38. The number of aromatic nitrogens is 6. The van der Waals surface area contributed by atoms with Crippen molar-refractivity contribution < 1.29 is 38.4 Å². The van der Waals surface area contributed by atoms with E-state index in [9.17, 15) is 19.2 Å². The molecule has 0 saturated heterocycles. The molecule has 0 amide bonds. The maximum atomic E-state index is 11.6. The molecule has 0 aliphatic heterocycles. The first-order valence-corrected chi connectivity index (χ1v) is 22.1. The molecule has 6 aromatic heterocycles. The number of benzene rings is 5. The van der Waals surface area contributed by atoms with Gasteiger partial charge < -0.3 is 24.5 Å². The third-order valence-electron chi connectivity index (χ3n) is 10.8. The Labute approximate surface area is 363 Å². The van der Waals surface area contributed by atoms with Gasteiger partial charge in [0, 0.05) is 67.0 Å². The quantitative estimate of drug-likeness (QED) is 0.0508. The Morgan fingerprint density at radius 1 is 0.422 bits per heavy atom. The van der Waals surface area contributed by atoms with Crippen molar-refractivity contribution in [3.63, 3.8) is 0 Å². The number of nitrogens with zero attached hydrogens (tertiary/aromatic N) is 6. The fourth-order valence-electron chi connectivity index (χ4n) is 7.90. The lowest BCUT2D eigenvalue weighted by atomic mass is 10.0. The van der Waals surface area contributed by atoms with Gasteiger partial charge in [-0.2, -0.15) is 0 Å². The zero-order chi connectivity index (χ0) is 43.3. The molecule has 0 spiro atoms. The molecule has 1 unspecified atom stereocenters. The molecule has 0 radical (unpaired) electrons. The van der Waals surface area contributed by atoms with E-state index in [-0.39, 0.29) is 11.5 Å². The van der Waals surface area contributed by atoms with E-state index in [2.05, 4.69) is 9.97 Å². The highest BCUT2D eigenvalue weighted by molar-refractivity contribution is 7.39. The van der Waals surface area contributed by atoms with E-state index in [1.54, 1.807) is 36.7 Å². The van der Waals surface area contributed by atoms with Gasteiger partial charge in [-0.1, -0.05) is 72.8 Å². The summed E-state index contributed by atoms with van der Waals surface area (Å²) in [5, 5.41) is 5.42. The minimum absolute atomic E-state index is 0.167. The van der Waals surface area contributed by atoms with Crippen LogP contribution in [0, 0.1) is 0 Å². The molecule has 0 aliphatic carbocycles. The molecule has 0 fully saturated rings. The Kier molecular flexibility index (Phi) is 10.1. The van der Waals surface area contributed by atoms with Crippen LogP contribution in [-0.2, 0) is 13.9 Å². The van der Waals surface area contributed by atoms with Crippen molar-refractivity contribution in [2.75, 3.05) is 0 Å². The Morgan fingerprint density at radius 2 is 0.750 bits per heavy atom. The van der Waals surface area contributed by atoms with Gasteiger partial charge in [0.05, 0.1) is 55.9 Å². The van der Waals surface area contributed by atoms with E-state index in [0.29, 0.717) is 56.1 Å². The lowest BCUT2D eigenvalue weighted by molar-refractivity contribution is -0.109. The third kappa shape index (κ3) is 7.61. The van der Waals surface area contributed by atoms with Gasteiger partial charge in [0.25, 0.3) is 0 Å². The van der Waals surface area contributed by atoms with Crippen LogP contribution in [0.25, 0.3) is 110 Å². The molecule has 5 aromatic carbocycles. The second-order valence-electron chi connectivity index (χ2n) is 14.8. The predicted octanol–water partition coefficient (Wildman–Crippen LogP) is 10.9. The summed E-state index contributed by atoms with van der Waals surface area (Å²) in [6.45, 7) is 0. The standard InChI is InChI=1S/C48H30N6O8P2/c55-63(56)61-59-37-23-33(39-15-11-29-7-5-27-3-1-19-49-43(27)45(29)51-39)21-35(25-37)41-17-13-31-9-10-32-14-18-42(54-48(32)47(31)53-41)36-22-34(24-38(26-36)60-62-64(57)58)40-16-12-30-8-6-28-4-2-20-50-44(28)46(30)52-40/h1-26,55-56,64H,(H,57,58). The SMILES string of the molecule is O=[PH](O)OOc1cc(-c2ccc3ccc4cccnc4c3n2)cc(-c2ccc3ccc4ccc(-c5cc(OOP(O)O)cc(-c6ccc7ccc8cccnc8c7n6)c5)nc4c3n2)c1. The molecule has 16 heteroatoms. The van der Waals surface area contributed by atoms with E-state index in [1.807, 2.05) is 121 Å². The van der Waals surface area contributed by atoms with Crippen LogP contribution < -0.4 is 9.78 Å². The van der Waals surface area contributed by atoms with Crippen LogP contribution in [0.1, 0.15) is 0 Å². The van der Waals surface area contributed by atoms with Crippen molar-refractivity contribution in [1.82, 2.24) is 29.9 Å². The summed E-state index contributed by atoms with van der Waals surface area (Å²) in [7, 11) is -6.24. The van der Waals surface area contributed by atoms with Gasteiger partial charge in [-0.15, -0.1) is 9.35 Å². The molecule has 6 heterocycles. The van der Waals surface area contributed by atoms with Crippen LogP contribution in [0.3, 0.4) is 0 Å². The zero-order valence-corrected chi connectivity index (χ0v) is 34.9. The fourth-order valence-corrected chi connectivity index (χ4v) is 8.22. The lowest BCUT2D eigenvalue weighted by Gasteiger charge is -2.13. The van der Waals surface area contributed by atoms with Crippen LogP contribution in [0.5, 0.6) is 11.5 Å². The lowest BCUT2D eigenvalue weighted by Crippen LogP contribution is -1.96. The van der Waals surface area contributed by atoms with Crippen LogP contribution in [-0.4, -0.2) is 44.6 Å². The van der Waals surface area contributed by atoms with Gasteiger partial charge in [0.2, 0.25) is 0 Å². The van der Waals surface area contributed by atoms with E-state index in [1.165, 1.54) is 0 Å². The second kappa shape index (κ2) is 16.4. The summed E-state index contributed by atoms with van der Waals surface area (Å²) in [6, 6.07) is 45.7. The number of fused-ring (bicyclic) bond motifs is 9. The van der Waals surface area contributed by atoms with Gasteiger partial charge in [-0.05, 0) is 72.8 Å². The molecule has 0 bridgehead atoms. The molecule has 0 aliphatic rings. The van der Waals surface area contributed by atoms with Crippen molar-refractivity contribution in [2.24, 2.45) is 0 Å². The summed E-state index contributed by atoms with van der Waals surface area (Å²) >= 11 is 0. The molecule has 3 N–H and O–H groups in total. The Hall–Kier alpha value is -7.38. The van der Waals surface area contributed by atoms with Gasteiger partial charge in [-0.3, -0.25) is 14.5 Å². The molecule has 14 nitrogen and oxygen atoms in total. The van der Waals surface area contributed by atoms with Gasteiger partial charge in [0.1, 0.15) is 0 Å². The van der Waals surface area contributed by atoms with Crippen molar-refractivity contribution >= 4 is 82.3 Å². The van der Waals surface area contributed by atoms with Crippen LogP contribution in [0.4, 0.5) is 0 Å². The summed E-state index contributed by atoms with van der Waals surface area (Å²) in [4.78, 5) is 68.8. The number of rotatable bonds is 10. The highest BCUT2D eigenvalue weighted by atomic mass is 31.2. The average molecular weight is 881 g/mol. The van der Waals surface area contributed by atoms with E-state index < -0.39 is 16.9 Å². The minimum atomic E-state index is -3.42. The number of hydrogen-bond acceptors (Lipinski definition) is 13. The monoisotopic (exact) mass is 880 g/mol. The van der Waals surface area contributed by atoms with Crippen LogP contribution in [0.2, 0.25) is 0 Å². The van der Waals surface area contributed by atoms with E-state index in [0.717, 1.165) is 54.4 Å². The first kappa shape index (κ1) is 39.5. The molecule has 310 valence electrons. The van der Waals surface area contributed by atoms with E-state index in [4.69, 9.17) is 39.1 Å². The first-order valence-electron chi connectivity index (χ1n) is 19.7. The Balaban J connectivity index is 1.03. The maximum Gasteiger partial charge on any atom is 0.370 e. The molecule has 1 atom stereocenters. The normalized spacial score (nSPS) is 12.2. The Morgan fingerprint density at radius 3 is 1.11 bits per heavy atom. The predicted molar refractivity (Wildman–Crippen MR) is 246 cm³/mol. The van der Waals surface area contributed by atoms with Crippen molar-refractivity contribution in [3.8, 4) is 56.5 Å². The average Bonchev–Trinajstić information content (AvgIpc) is 3.34. The van der Waals surface area contributed by atoms with Crippen LogP contribution in [0.15, 0.2) is 158 Å². The number of pyridine rings is 6. The summed E-state index contributed by atoms with van der Waals surface area (Å²) in [5.41, 5.74) is 9.12. The largest absolute Gasteiger partial charge is 0.370 e. The van der Waals surface area contributed by atoms with Gasteiger partial charge >= 0.3 is 16.9 Å². The van der Waals surface area contributed by atoms with Crippen LogP contribution >= 0.6 is 16.9 Å².